The average molecular weight is 248 g/mol. The molecule has 3 atom stereocenters. The Bertz CT molecular complexity index is 375. The minimum Gasteiger partial charge on any atom is -0.375 e. The first-order valence-corrected chi connectivity index (χ1v) is 6.79. The van der Waals surface area contributed by atoms with Gasteiger partial charge in [-0.15, -0.1) is 0 Å². The maximum absolute atomic E-state index is 5.82. The smallest absolute Gasteiger partial charge is 0.0723 e. The van der Waals surface area contributed by atoms with E-state index in [-0.39, 0.29) is 6.04 Å². The summed E-state index contributed by atoms with van der Waals surface area (Å²) >= 11 is 0. The zero-order chi connectivity index (χ0) is 13.1. The predicted molar refractivity (Wildman–Crippen MR) is 76.0 cm³/mol. The largest absolute Gasteiger partial charge is 0.375 e. The minimum atomic E-state index is 0.221. The molecule has 0 amide bonds. The van der Waals surface area contributed by atoms with Crippen LogP contribution < -0.4 is 10.6 Å². The van der Waals surface area contributed by atoms with Gasteiger partial charge in [0.05, 0.1) is 12.7 Å². The third kappa shape index (κ3) is 3.24. The quantitative estimate of drug-likeness (QED) is 0.891. The molecule has 1 aliphatic rings. The van der Waals surface area contributed by atoms with E-state index in [1.165, 1.54) is 11.3 Å². The zero-order valence-corrected chi connectivity index (χ0v) is 11.6. The van der Waals surface area contributed by atoms with Crippen LogP contribution in [0.4, 0.5) is 5.69 Å². The molecule has 0 aromatic heterocycles. The summed E-state index contributed by atoms with van der Waals surface area (Å²) in [7, 11) is 0. The van der Waals surface area contributed by atoms with Crippen LogP contribution in [0.2, 0.25) is 0 Å². The zero-order valence-electron chi connectivity index (χ0n) is 11.6. The van der Waals surface area contributed by atoms with Crippen molar-refractivity contribution in [3.05, 3.63) is 29.8 Å². The van der Waals surface area contributed by atoms with Crippen molar-refractivity contribution in [1.82, 2.24) is 0 Å². The second-order valence-electron chi connectivity index (χ2n) is 5.49. The van der Waals surface area contributed by atoms with Crippen molar-refractivity contribution >= 4 is 5.69 Å². The van der Waals surface area contributed by atoms with Gasteiger partial charge in [-0.05, 0) is 44.9 Å². The van der Waals surface area contributed by atoms with Crippen LogP contribution >= 0.6 is 0 Å². The SMILES string of the molecule is CC(N)Cc1ccc(N2CC(C)OCC2C)cc1. The molecule has 18 heavy (non-hydrogen) atoms. The Morgan fingerprint density at radius 3 is 2.61 bits per heavy atom. The lowest BCUT2D eigenvalue weighted by molar-refractivity contribution is 0.0344. The van der Waals surface area contributed by atoms with Crippen LogP contribution in [0.5, 0.6) is 0 Å². The van der Waals surface area contributed by atoms with E-state index in [0.29, 0.717) is 12.1 Å². The number of hydrogen-bond donors (Lipinski definition) is 1. The second kappa shape index (κ2) is 5.72. The molecule has 100 valence electrons. The van der Waals surface area contributed by atoms with E-state index in [1.54, 1.807) is 0 Å². The minimum absolute atomic E-state index is 0.221. The number of anilines is 1. The lowest BCUT2D eigenvalue weighted by Crippen LogP contribution is -2.47. The van der Waals surface area contributed by atoms with Crippen molar-refractivity contribution in [1.29, 1.82) is 0 Å². The molecule has 1 fully saturated rings. The van der Waals surface area contributed by atoms with Crippen molar-refractivity contribution in [3.8, 4) is 0 Å². The Morgan fingerprint density at radius 1 is 1.33 bits per heavy atom. The van der Waals surface area contributed by atoms with Crippen LogP contribution in [0.25, 0.3) is 0 Å². The number of nitrogens with two attached hydrogens (primary N) is 1. The van der Waals surface area contributed by atoms with Crippen molar-refractivity contribution in [2.75, 3.05) is 18.1 Å². The van der Waals surface area contributed by atoms with Crippen molar-refractivity contribution in [2.45, 2.75) is 45.4 Å². The summed E-state index contributed by atoms with van der Waals surface area (Å²) < 4.78 is 5.66. The van der Waals surface area contributed by atoms with E-state index in [4.69, 9.17) is 10.5 Å². The van der Waals surface area contributed by atoms with Gasteiger partial charge < -0.3 is 15.4 Å². The highest BCUT2D eigenvalue weighted by Crippen LogP contribution is 2.22. The molecule has 1 saturated heterocycles. The molecule has 2 N–H and O–H groups in total. The monoisotopic (exact) mass is 248 g/mol. The van der Waals surface area contributed by atoms with E-state index < -0.39 is 0 Å². The molecule has 1 aromatic rings. The molecule has 0 saturated carbocycles. The van der Waals surface area contributed by atoms with Crippen molar-refractivity contribution in [3.63, 3.8) is 0 Å². The molecular formula is C15H24N2O. The molecule has 3 nitrogen and oxygen atoms in total. The van der Waals surface area contributed by atoms with E-state index >= 15 is 0 Å². The summed E-state index contributed by atoms with van der Waals surface area (Å²) in [5.41, 5.74) is 8.41. The molecule has 1 heterocycles. The molecule has 2 rings (SSSR count). The number of hydrogen-bond acceptors (Lipinski definition) is 3. The number of morpholine rings is 1. The third-order valence-electron chi connectivity index (χ3n) is 3.43. The third-order valence-corrected chi connectivity index (χ3v) is 3.43. The Labute approximate surface area is 110 Å². The Balaban J connectivity index is 2.08. The first-order chi connectivity index (χ1) is 8.56. The number of ether oxygens (including phenoxy) is 1. The molecule has 0 bridgehead atoms. The molecule has 1 aromatic carbocycles. The molecule has 0 spiro atoms. The maximum atomic E-state index is 5.82. The van der Waals surface area contributed by atoms with Crippen LogP contribution in [0, 0.1) is 0 Å². The summed E-state index contributed by atoms with van der Waals surface area (Å²) in [5.74, 6) is 0. The lowest BCUT2D eigenvalue weighted by Gasteiger charge is -2.38. The fourth-order valence-corrected chi connectivity index (χ4v) is 2.46. The van der Waals surface area contributed by atoms with E-state index in [1.807, 2.05) is 6.92 Å². The van der Waals surface area contributed by atoms with Gasteiger partial charge in [0.25, 0.3) is 0 Å². The highest BCUT2D eigenvalue weighted by atomic mass is 16.5. The van der Waals surface area contributed by atoms with E-state index in [9.17, 15) is 0 Å². The summed E-state index contributed by atoms with van der Waals surface area (Å²) in [6, 6.07) is 9.44. The van der Waals surface area contributed by atoms with E-state index in [2.05, 4.69) is 43.0 Å². The second-order valence-corrected chi connectivity index (χ2v) is 5.49. The Morgan fingerprint density at radius 2 is 2.00 bits per heavy atom. The standard InChI is InChI=1S/C15H24N2O/c1-11(16)8-14-4-6-15(7-5-14)17-9-13(3)18-10-12(17)2/h4-7,11-13H,8-10,16H2,1-3H3. The summed E-state index contributed by atoms with van der Waals surface area (Å²) in [6.45, 7) is 8.15. The topological polar surface area (TPSA) is 38.5 Å². The van der Waals surface area contributed by atoms with Crippen molar-refractivity contribution in [2.24, 2.45) is 5.73 Å². The highest BCUT2D eigenvalue weighted by molar-refractivity contribution is 5.49. The first kappa shape index (κ1) is 13.4. The summed E-state index contributed by atoms with van der Waals surface area (Å²) in [4.78, 5) is 2.42. The van der Waals surface area contributed by atoms with Gasteiger partial charge in [-0.2, -0.15) is 0 Å². The van der Waals surface area contributed by atoms with Crippen LogP contribution in [0.1, 0.15) is 26.3 Å². The van der Waals surface area contributed by atoms with Crippen LogP contribution in [-0.4, -0.2) is 31.3 Å². The first-order valence-electron chi connectivity index (χ1n) is 6.79. The normalized spacial score (nSPS) is 26.1. The molecule has 3 heteroatoms. The summed E-state index contributed by atoms with van der Waals surface area (Å²) in [6.07, 6.45) is 1.25. The van der Waals surface area contributed by atoms with Gasteiger partial charge in [-0.1, -0.05) is 12.1 Å². The lowest BCUT2D eigenvalue weighted by atomic mass is 10.1. The van der Waals surface area contributed by atoms with Gasteiger partial charge in [0.1, 0.15) is 0 Å². The Hall–Kier alpha value is -1.06. The van der Waals surface area contributed by atoms with Crippen molar-refractivity contribution < 1.29 is 4.74 Å². The van der Waals surface area contributed by atoms with Gasteiger partial charge in [-0.25, -0.2) is 0 Å². The fraction of sp³-hybridized carbons (Fsp3) is 0.600. The Kier molecular flexibility index (Phi) is 4.25. The fourth-order valence-electron chi connectivity index (χ4n) is 2.46. The van der Waals surface area contributed by atoms with Crippen LogP contribution in [0.3, 0.4) is 0 Å². The average Bonchev–Trinajstić information content (AvgIpc) is 2.33. The summed E-state index contributed by atoms with van der Waals surface area (Å²) in [5, 5.41) is 0. The highest BCUT2D eigenvalue weighted by Gasteiger charge is 2.23. The molecule has 3 unspecified atom stereocenters. The molecule has 0 aliphatic carbocycles. The molecule has 0 radical (unpaired) electrons. The predicted octanol–water partition coefficient (Wildman–Crippen LogP) is 2.19. The van der Waals surface area contributed by atoms with Gasteiger partial charge in [0.15, 0.2) is 0 Å². The number of nitrogens with zero attached hydrogens (tertiary/aromatic N) is 1. The van der Waals surface area contributed by atoms with Gasteiger partial charge in [0.2, 0.25) is 0 Å². The molecular weight excluding hydrogens is 224 g/mol. The van der Waals surface area contributed by atoms with E-state index in [0.717, 1.165) is 19.6 Å². The van der Waals surface area contributed by atoms with Gasteiger partial charge in [-0.3, -0.25) is 0 Å². The van der Waals surface area contributed by atoms with Crippen LogP contribution in [-0.2, 0) is 11.2 Å². The molecule has 1 aliphatic heterocycles. The van der Waals surface area contributed by atoms with Crippen LogP contribution in [0.15, 0.2) is 24.3 Å². The van der Waals surface area contributed by atoms with Gasteiger partial charge >= 0.3 is 0 Å². The van der Waals surface area contributed by atoms with Gasteiger partial charge in [0, 0.05) is 24.3 Å². The maximum Gasteiger partial charge on any atom is 0.0723 e. The number of rotatable bonds is 3. The number of benzene rings is 1.